The van der Waals surface area contributed by atoms with Crippen molar-refractivity contribution in [2.24, 2.45) is 7.05 Å². The van der Waals surface area contributed by atoms with Gasteiger partial charge in [0.1, 0.15) is 0 Å². The normalized spacial score (nSPS) is 21.1. The van der Waals surface area contributed by atoms with Crippen molar-refractivity contribution in [2.45, 2.75) is 31.8 Å². The first-order chi connectivity index (χ1) is 9.64. The van der Waals surface area contributed by atoms with Gasteiger partial charge in [-0.25, -0.2) is 0 Å². The SMILES string of the molecule is Cc1nn(C)cc1CNC1(CO)CCc2ccccc21. The van der Waals surface area contributed by atoms with Crippen molar-refractivity contribution < 1.29 is 5.11 Å². The molecule has 4 heteroatoms. The molecule has 1 heterocycles. The minimum atomic E-state index is -0.307. The van der Waals surface area contributed by atoms with Gasteiger partial charge in [-0.2, -0.15) is 5.10 Å². The van der Waals surface area contributed by atoms with Crippen LogP contribution in [-0.2, 0) is 25.6 Å². The molecule has 2 N–H and O–H groups in total. The lowest BCUT2D eigenvalue weighted by Crippen LogP contribution is -2.43. The fourth-order valence-corrected chi connectivity index (χ4v) is 3.18. The number of rotatable bonds is 4. The van der Waals surface area contributed by atoms with Crippen LogP contribution in [0, 0.1) is 6.92 Å². The van der Waals surface area contributed by atoms with Crippen LogP contribution in [-0.4, -0.2) is 21.5 Å². The largest absolute Gasteiger partial charge is 0.394 e. The fraction of sp³-hybridized carbons (Fsp3) is 0.438. The van der Waals surface area contributed by atoms with Gasteiger partial charge in [0.25, 0.3) is 0 Å². The summed E-state index contributed by atoms with van der Waals surface area (Å²) < 4.78 is 1.83. The summed E-state index contributed by atoms with van der Waals surface area (Å²) in [6.45, 7) is 2.88. The minimum Gasteiger partial charge on any atom is -0.394 e. The second-order valence-electron chi connectivity index (χ2n) is 5.66. The van der Waals surface area contributed by atoms with Crippen LogP contribution in [0.15, 0.2) is 30.5 Å². The van der Waals surface area contributed by atoms with Gasteiger partial charge >= 0.3 is 0 Å². The van der Waals surface area contributed by atoms with Gasteiger partial charge in [-0.3, -0.25) is 4.68 Å². The first-order valence-electron chi connectivity index (χ1n) is 7.08. The molecule has 0 radical (unpaired) electrons. The second kappa shape index (κ2) is 5.04. The number of benzene rings is 1. The average molecular weight is 271 g/mol. The van der Waals surface area contributed by atoms with Gasteiger partial charge in [0.2, 0.25) is 0 Å². The molecule has 3 rings (SSSR count). The van der Waals surface area contributed by atoms with E-state index < -0.39 is 0 Å². The zero-order valence-corrected chi connectivity index (χ0v) is 12.1. The quantitative estimate of drug-likeness (QED) is 0.889. The first-order valence-corrected chi connectivity index (χ1v) is 7.08. The van der Waals surface area contributed by atoms with E-state index in [0.29, 0.717) is 0 Å². The van der Waals surface area contributed by atoms with Crippen molar-refractivity contribution >= 4 is 0 Å². The van der Waals surface area contributed by atoms with Crippen molar-refractivity contribution in [1.82, 2.24) is 15.1 Å². The maximum absolute atomic E-state index is 9.93. The highest BCUT2D eigenvalue weighted by Gasteiger charge is 2.37. The molecule has 1 aliphatic rings. The van der Waals surface area contributed by atoms with E-state index in [9.17, 15) is 5.11 Å². The predicted molar refractivity (Wildman–Crippen MR) is 78.3 cm³/mol. The van der Waals surface area contributed by atoms with Gasteiger partial charge < -0.3 is 10.4 Å². The number of aromatic nitrogens is 2. The van der Waals surface area contributed by atoms with Crippen molar-refractivity contribution in [1.29, 1.82) is 0 Å². The topological polar surface area (TPSA) is 50.1 Å². The molecule has 0 aliphatic heterocycles. The number of nitrogens with zero attached hydrogens (tertiary/aromatic N) is 2. The Morgan fingerprint density at radius 3 is 2.90 bits per heavy atom. The average Bonchev–Trinajstić information content (AvgIpc) is 2.98. The van der Waals surface area contributed by atoms with Crippen molar-refractivity contribution in [3.63, 3.8) is 0 Å². The van der Waals surface area contributed by atoms with Gasteiger partial charge in [0, 0.05) is 25.4 Å². The fourth-order valence-electron chi connectivity index (χ4n) is 3.18. The van der Waals surface area contributed by atoms with Crippen LogP contribution in [0.5, 0.6) is 0 Å². The molecule has 0 spiro atoms. The molecule has 1 aromatic heterocycles. The monoisotopic (exact) mass is 271 g/mol. The smallest absolute Gasteiger partial charge is 0.0677 e. The zero-order valence-electron chi connectivity index (χ0n) is 12.1. The van der Waals surface area contributed by atoms with Crippen LogP contribution in [0.1, 0.15) is 28.8 Å². The Balaban J connectivity index is 1.83. The Hall–Kier alpha value is -1.65. The van der Waals surface area contributed by atoms with Gasteiger partial charge in [0.15, 0.2) is 0 Å². The number of aliphatic hydroxyl groups is 1. The zero-order chi connectivity index (χ0) is 14.2. The molecule has 2 aromatic rings. The Bertz CT molecular complexity index is 620. The summed E-state index contributed by atoms with van der Waals surface area (Å²) in [5, 5.41) is 17.9. The van der Waals surface area contributed by atoms with E-state index in [1.165, 1.54) is 16.7 Å². The molecule has 0 amide bonds. The molecule has 20 heavy (non-hydrogen) atoms. The van der Waals surface area contributed by atoms with E-state index in [1.54, 1.807) is 0 Å². The van der Waals surface area contributed by atoms with Crippen molar-refractivity contribution in [3.05, 3.63) is 52.8 Å². The third-order valence-corrected chi connectivity index (χ3v) is 4.36. The van der Waals surface area contributed by atoms with Crippen LogP contribution in [0.3, 0.4) is 0 Å². The third-order valence-electron chi connectivity index (χ3n) is 4.36. The summed E-state index contributed by atoms with van der Waals surface area (Å²) in [7, 11) is 1.93. The predicted octanol–water partition coefficient (Wildman–Crippen LogP) is 1.65. The molecule has 106 valence electrons. The highest BCUT2D eigenvalue weighted by Crippen LogP contribution is 2.36. The number of nitrogens with one attached hydrogen (secondary N) is 1. The number of fused-ring (bicyclic) bond motifs is 1. The minimum absolute atomic E-state index is 0.128. The Morgan fingerprint density at radius 2 is 2.20 bits per heavy atom. The molecule has 1 aliphatic carbocycles. The van der Waals surface area contributed by atoms with Gasteiger partial charge in [0.05, 0.1) is 17.8 Å². The molecule has 1 atom stereocenters. The lowest BCUT2D eigenvalue weighted by Gasteiger charge is -2.29. The maximum atomic E-state index is 9.93. The van der Waals surface area contributed by atoms with E-state index >= 15 is 0 Å². The summed E-state index contributed by atoms with van der Waals surface area (Å²) in [6, 6.07) is 8.40. The highest BCUT2D eigenvalue weighted by molar-refractivity contribution is 5.39. The standard InChI is InChI=1S/C16H21N3O/c1-12-14(10-19(2)18-12)9-17-16(11-20)8-7-13-5-3-4-6-15(13)16/h3-6,10,17,20H,7-9,11H2,1-2H3. The number of hydrogen-bond acceptors (Lipinski definition) is 3. The van der Waals surface area contributed by atoms with Gasteiger partial charge in [-0.1, -0.05) is 24.3 Å². The molecule has 4 nitrogen and oxygen atoms in total. The van der Waals surface area contributed by atoms with E-state index in [4.69, 9.17) is 0 Å². The van der Waals surface area contributed by atoms with Crippen molar-refractivity contribution in [2.75, 3.05) is 6.61 Å². The van der Waals surface area contributed by atoms with Crippen LogP contribution < -0.4 is 5.32 Å². The summed E-state index contributed by atoms with van der Waals surface area (Å²) >= 11 is 0. The molecular formula is C16H21N3O. The third kappa shape index (κ3) is 2.15. The number of aryl methyl sites for hydroxylation is 3. The molecule has 0 bridgehead atoms. The van der Waals surface area contributed by atoms with Crippen molar-refractivity contribution in [3.8, 4) is 0 Å². The van der Waals surface area contributed by atoms with Gasteiger partial charge in [-0.05, 0) is 30.9 Å². The van der Waals surface area contributed by atoms with Crippen LogP contribution >= 0.6 is 0 Å². The van der Waals surface area contributed by atoms with E-state index in [0.717, 1.165) is 25.1 Å². The lowest BCUT2D eigenvalue weighted by atomic mass is 9.92. The second-order valence-corrected chi connectivity index (χ2v) is 5.66. The van der Waals surface area contributed by atoms with E-state index in [-0.39, 0.29) is 12.1 Å². The summed E-state index contributed by atoms with van der Waals surface area (Å²) in [5.41, 5.74) is 4.50. The maximum Gasteiger partial charge on any atom is 0.0677 e. The van der Waals surface area contributed by atoms with Crippen LogP contribution in [0.2, 0.25) is 0 Å². The lowest BCUT2D eigenvalue weighted by molar-refractivity contribution is 0.158. The number of aliphatic hydroxyl groups excluding tert-OH is 1. The highest BCUT2D eigenvalue weighted by atomic mass is 16.3. The molecule has 0 saturated heterocycles. The molecule has 1 aromatic carbocycles. The summed E-state index contributed by atoms with van der Waals surface area (Å²) in [5.74, 6) is 0. The summed E-state index contributed by atoms with van der Waals surface area (Å²) in [4.78, 5) is 0. The van der Waals surface area contributed by atoms with Crippen LogP contribution in [0.4, 0.5) is 0 Å². The molecular weight excluding hydrogens is 250 g/mol. The number of hydrogen-bond donors (Lipinski definition) is 2. The van der Waals surface area contributed by atoms with E-state index in [2.05, 4.69) is 28.6 Å². The molecule has 1 unspecified atom stereocenters. The Kier molecular flexibility index (Phi) is 3.36. The molecule has 0 fully saturated rings. The van der Waals surface area contributed by atoms with Gasteiger partial charge in [-0.15, -0.1) is 0 Å². The first kappa shape index (κ1) is 13.3. The molecule has 0 saturated carbocycles. The van der Waals surface area contributed by atoms with E-state index in [1.807, 2.05) is 30.9 Å². The summed E-state index contributed by atoms with van der Waals surface area (Å²) in [6.07, 6.45) is 4.01. The van der Waals surface area contributed by atoms with Crippen LogP contribution in [0.25, 0.3) is 0 Å². The Labute approximate surface area is 119 Å². The Morgan fingerprint density at radius 1 is 1.40 bits per heavy atom.